The molecule has 1 aromatic carbocycles. The second-order valence-electron chi connectivity index (χ2n) is 2.72. The lowest BCUT2D eigenvalue weighted by Crippen LogP contribution is -2.21. The Kier molecular flexibility index (Phi) is 3.68. The monoisotopic (exact) mass is 290 g/mol. The Morgan fingerprint density at radius 2 is 2.31 bits per heavy atom. The SMILES string of the molecule is Cc1ccc(NC(=O)CN)cc1I. The Balaban J connectivity index is 2.79. The number of hydrogen-bond donors (Lipinski definition) is 2. The van der Waals surface area contributed by atoms with Crippen molar-refractivity contribution in [3.63, 3.8) is 0 Å². The van der Waals surface area contributed by atoms with Gasteiger partial charge in [0.25, 0.3) is 0 Å². The topological polar surface area (TPSA) is 55.1 Å². The van der Waals surface area contributed by atoms with Crippen LogP contribution in [0.25, 0.3) is 0 Å². The smallest absolute Gasteiger partial charge is 0.238 e. The summed E-state index contributed by atoms with van der Waals surface area (Å²) in [5.41, 5.74) is 7.17. The number of carbonyl (C=O) groups excluding carboxylic acids is 1. The Morgan fingerprint density at radius 3 is 2.85 bits per heavy atom. The largest absolute Gasteiger partial charge is 0.325 e. The van der Waals surface area contributed by atoms with E-state index in [9.17, 15) is 4.79 Å². The van der Waals surface area contributed by atoms with Crippen LogP contribution >= 0.6 is 22.6 Å². The van der Waals surface area contributed by atoms with Crippen LogP contribution in [0.5, 0.6) is 0 Å². The maximum atomic E-state index is 10.9. The fourth-order valence-electron chi connectivity index (χ4n) is 0.883. The van der Waals surface area contributed by atoms with Gasteiger partial charge in [-0.15, -0.1) is 0 Å². The first-order valence-electron chi connectivity index (χ1n) is 3.89. The van der Waals surface area contributed by atoms with Gasteiger partial charge in [-0.3, -0.25) is 4.79 Å². The van der Waals surface area contributed by atoms with Gasteiger partial charge in [-0.05, 0) is 47.2 Å². The van der Waals surface area contributed by atoms with Crippen LogP contribution in [0.1, 0.15) is 5.56 Å². The summed E-state index contributed by atoms with van der Waals surface area (Å²) in [6.07, 6.45) is 0. The lowest BCUT2D eigenvalue weighted by atomic mass is 10.2. The molecule has 0 radical (unpaired) electrons. The van der Waals surface area contributed by atoms with Crippen molar-refractivity contribution in [1.29, 1.82) is 0 Å². The molecule has 0 atom stereocenters. The number of carbonyl (C=O) groups is 1. The van der Waals surface area contributed by atoms with Gasteiger partial charge in [-0.1, -0.05) is 6.07 Å². The van der Waals surface area contributed by atoms with Crippen molar-refractivity contribution in [2.24, 2.45) is 5.73 Å². The first-order valence-corrected chi connectivity index (χ1v) is 4.97. The van der Waals surface area contributed by atoms with Crippen molar-refractivity contribution >= 4 is 34.2 Å². The van der Waals surface area contributed by atoms with E-state index in [0.29, 0.717) is 0 Å². The summed E-state index contributed by atoms with van der Waals surface area (Å²) in [5, 5.41) is 2.69. The quantitative estimate of drug-likeness (QED) is 0.811. The van der Waals surface area contributed by atoms with Gasteiger partial charge in [0.15, 0.2) is 0 Å². The number of hydrogen-bond acceptors (Lipinski definition) is 2. The fraction of sp³-hybridized carbons (Fsp3) is 0.222. The number of halogens is 1. The first kappa shape index (κ1) is 10.5. The molecular weight excluding hydrogens is 279 g/mol. The van der Waals surface area contributed by atoms with Crippen molar-refractivity contribution in [3.8, 4) is 0 Å². The minimum absolute atomic E-state index is 0.0183. The zero-order valence-electron chi connectivity index (χ0n) is 7.30. The van der Waals surface area contributed by atoms with Gasteiger partial charge >= 0.3 is 0 Å². The highest BCUT2D eigenvalue weighted by Gasteiger charge is 2.00. The lowest BCUT2D eigenvalue weighted by molar-refractivity contribution is -0.114. The molecule has 0 fully saturated rings. The summed E-state index contributed by atoms with van der Waals surface area (Å²) in [6, 6.07) is 5.75. The molecule has 3 nitrogen and oxygen atoms in total. The molecule has 0 unspecified atom stereocenters. The van der Waals surface area contributed by atoms with E-state index in [1.165, 1.54) is 5.56 Å². The van der Waals surface area contributed by atoms with Crippen LogP contribution in [-0.4, -0.2) is 12.5 Å². The molecule has 0 saturated heterocycles. The van der Waals surface area contributed by atoms with Crippen LogP contribution in [0.2, 0.25) is 0 Å². The maximum absolute atomic E-state index is 10.9. The Labute approximate surface area is 90.8 Å². The van der Waals surface area contributed by atoms with E-state index in [1.54, 1.807) is 0 Å². The highest BCUT2D eigenvalue weighted by atomic mass is 127. The molecule has 0 aliphatic carbocycles. The zero-order valence-corrected chi connectivity index (χ0v) is 9.46. The molecule has 4 heteroatoms. The number of nitrogens with one attached hydrogen (secondary N) is 1. The third-order valence-electron chi connectivity index (χ3n) is 1.64. The van der Waals surface area contributed by atoms with Crippen molar-refractivity contribution in [1.82, 2.24) is 0 Å². The van der Waals surface area contributed by atoms with E-state index in [1.807, 2.05) is 25.1 Å². The second kappa shape index (κ2) is 4.57. The van der Waals surface area contributed by atoms with Crippen molar-refractivity contribution in [2.75, 3.05) is 11.9 Å². The van der Waals surface area contributed by atoms with Crippen LogP contribution in [-0.2, 0) is 4.79 Å². The van der Waals surface area contributed by atoms with Gasteiger partial charge in [-0.25, -0.2) is 0 Å². The summed E-state index contributed by atoms with van der Waals surface area (Å²) < 4.78 is 1.13. The van der Waals surface area contributed by atoms with E-state index in [2.05, 4.69) is 27.9 Å². The summed E-state index contributed by atoms with van der Waals surface area (Å²) in [5.74, 6) is -0.167. The molecule has 1 aromatic rings. The predicted molar refractivity (Wildman–Crippen MR) is 61.6 cm³/mol. The van der Waals surface area contributed by atoms with Crippen LogP contribution in [0, 0.1) is 10.5 Å². The molecule has 0 aliphatic rings. The normalized spacial score (nSPS) is 9.77. The maximum Gasteiger partial charge on any atom is 0.238 e. The van der Waals surface area contributed by atoms with Gasteiger partial charge in [0.1, 0.15) is 0 Å². The molecule has 1 amide bonds. The lowest BCUT2D eigenvalue weighted by Gasteiger charge is -2.05. The molecule has 3 N–H and O–H groups in total. The third-order valence-corrected chi connectivity index (χ3v) is 2.80. The number of aryl methyl sites for hydroxylation is 1. The van der Waals surface area contributed by atoms with Crippen LogP contribution in [0.4, 0.5) is 5.69 Å². The minimum atomic E-state index is -0.167. The van der Waals surface area contributed by atoms with Crippen LogP contribution in [0.15, 0.2) is 18.2 Å². The highest BCUT2D eigenvalue weighted by molar-refractivity contribution is 14.1. The molecule has 0 spiro atoms. The zero-order chi connectivity index (χ0) is 9.84. The molecule has 0 saturated carbocycles. The molecule has 70 valence electrons. The molecule has 0 aliphatic heterocycles. The van der Waals surface area contributed by atoms with Gasteiger partial charge in [0.2, 0.25) is 5.91 Å². The number of anilines is 1. The number of amides is 1. The molecule has 13 heavy (non-hydrogen) atoms. The van der Waals surface area contributed by atoms with Gasteiger partial charge in [0, 0.05) is 9.26 Å². The summed E-state index contributed by atoms with van der Waals surface area (Å²) >= 11 is 2.23. The summed E-state index contributed by atoms with van der Waals surface area (Å²) in [7, 11) is 0. The average molecular weight is 290 g/mol. The average Bonchev–Trinajstić information content (AvgIpc) is 2.11. The third kappa shape index (κ3) is 2.96. The highest BCUT2D eigenvalue weighted by Crippen LogP contribution is 2.16. The molecule has 1 rings (SSSR count). The number of nitrogens with two attached hydrogens (primary N) is 1. The number of rotatable bonds is 2. The van der Waals surface area contributed by atoms with E-state index in [0.717, 1.165) is 9.26 Å². The molecule has 0 heterocycles. The molecule has 0 aromatic heterocycles. The van der Waals surface area contributed by atoms with Crippen LogP contribution in [0.3, 0.4) is 0 Å². The second-order valence-corrected chi connectivity index (χ2v) is 3.88. The minimum Gasteiger partial charge on any atom is -0.325 e. The Hall–Kier alpha value is -0.620. The molecular formula is C9H11IN2O. The Morgan fingerprint density at radius 1 is 1.62 bits per heavy atom. The van der Waals surface area contributed by atoms with Crippen molar-refractivity contribution in [3.05, 3.63) is 27.3 Å². The first-order chi connectivity index (χ1) is 6.13. The van der Waals surface area contributed by atoms with Gasteiger partial charge in [0.05, 0.1) is 6.54 Å². The summed E-state index contributed by atoms with van der Waals surface area (Å²) in [4.78, 5) is 10.9. The van der Waals surface area contributed by atoms with E-state index < -0.39 is 0 Å². The Bertz CT molecular complexity index is 325. The van der Waals surface area contributed by atoms with Gasteiger partial charge < -0.3 is 11.1 Å². The fourth-order valence-corrected chi connectivity index (χ4v) is 1.40. The van der Waals surface area contributed by atoms with Crippen molar-refractivity contribution < 1.29 is 4.79 Å². The van der Waals surface area contributed by atoms with Gasteiger partial charge in [-0.2, -0.15) is 0 Å². The summed E-state index contributed by atoms with van der Waals surface area (Å²) in [6.45, 7) is 2.04. The number of benzene rings is 1. The molecule has 0 bridgehead atoms. The van der Waals surface area contributed by atoms with E-state index >= 15 is 0 Å². The predicted octanol–water partition coefficient (Wildman–Crippen LogP) is 1.50. The van der Waals surface area contributed by atoms with E-state index in [4.69, 9.17) is 5.73 Å². The van der Waals surface area contributed by atoms with Crippen LogP contribution < -0.4 is 11.1 Å². The van der Waals surface area contributed by atoms with E-state index in [-0.39, 0.29) is 12.5 Å². The standard InChI is InChI=1S/C9H11IN2O/c1-6-2-3-7(4-8(6)10)12-9(13)5-11/h2-4H,5,11H2,1H3,(H,12,13). The van der Waals surface area contributed by atoms with Crippen molar-refractivity contribution in [2.45, 2.75) is 6.92 Å².